The van der Waals surface area contributed by atoms with Gasteiger partial charge in [0.25, 0.3) is 0 Å². The molecule has 2 heteroatoms. The van der Waals surface area contributed by atoms with Gasteiger partial charge in [-0.1, -0.05) is 200 Å². The smallest absolute Gasteiger partial charge is 0.160 e. The van der Waals surface area contributed by atoms with Crippen molar-refractivity contribution < 1.29 is 0 Å². The molecule has 0 atom stereocenters. The Kier molecular flexibility index (Phi) is 7.26. The second-order valence-corrected chi connectivity index (χ2v) is 16.4. The molecule has 2 aliphatic carbocycles. The lowest BCUT2D eigenvalue weighted by Gasteiger charge is -2.30. The minimum absolute atomic E-state index is 0.372. The molecule has 0 bridgehead atoms. The summed E-state index contributed by atoms with van der Waals surface area (Å²) in [5, 5.41) is 7.42. The topological polar surface area (TPSA) is 25.8 Å². The highest BCUT2D eigenvalue weighted by atomic mass is 14.9. The van der Waals surface area contributed by atoms with Gasteiger partial charge < -0.3 is 0 Å². The molecule has 0 saturated carbocycles. The third-order valence-corrected chi connectivity index (χ3v) is 13.3. The Morgan fingerprint density at radius 1 is 0.262 bits per heavy atom. The van der Waals surface area contributed by atoms with Gasteiger partial charge in [0, 0.05) is 16.7 Å². The lowest BCUT2D eigenvalue weighted by atomic mass is 9.70. The maximum absolute atomic E-state index is 5.25. The number of hydrogen-bond acceptors (Lipinski definition) is 2. The van der Waals surface area contributed by atoms with Crippen molar-refractivity contribution in [3.8, 4) is 67.3 Å². The molecule has 282 valence electrons. The van der Waals surface area contributed by atoms with E-state index in [1.165, 1.54) is 88.0 Å². The van der Waals surface area contributed by atoms with Crippen molar-refractivity contribution in [3.63, 3.8) is 0 Å². The standard InChI is InChI=1S/C59H36N2/c1-3-16-37(17-4-1)55-36-56(61-58(60-55)38-18-5-2-6-19-38)40-30-32-44-42-20-7-8-21-43(42)48-26-15-25-41(57(48)50(44)35-40)39-31-33-54-49(34-39)47-24-11-14-29-53(47)59(54)51-27-12-9-22-45(51)46-23-10-13-28-52(46)59/h1-36H. The van der Waals surface area contributed by atoms with Gasteiger partial charge in [-0.3, -0.25) is 0 Å². The minimum Gasteiger partial charge on any atom is -0.228 e. The number of hydrogen-bond donors (Lipinski definition) is 0. The Hall–Kier alpha value is -7.94. The fourth-order valence-electron chi connectivity index (χ4n) is 10.7. The van der Waals surface area contributed by atoms with E-state index in [1.54, 1.807) is 0 Å². The Balaban J connectivity index is 1.06. The highest BCUT2D eigenvalue weighted by molar-refractivity contribution is 6.29. The first-order valence-electron chi connectivity index (χ1n) is 21.1. The van der Waals surface area contributed by atoms with Crippen molar-refractivity contribution in [1.82, 2.24) is 9.97 Å². The van der Waals surface area contributed by atoms with Gasteiger partial charge in [-0.15, -0.1) is 0 Å². The predicted octanol–water partition coefficient (Wildman–Crippen LogP) is 14.9. The van der Waals surface area contributed by atoms with E-state index in [4.69, 9.17) is 9.97 Å². The highest BCUT2D eigenvalue weighted by Gasteiger charge is 2.51. The maximum Gasteiger partial charge on any atom is 0.160 e. The van der Waals surface area contributed by atoms with E-state index in [0.29, 0.717) is 5.82 Å². The highest BCUT2D eigenvalue weighted by Crippen LogP contribution is 2.63. The van der Waals surface area contributed by atoms with Gasteiger partial charge in [0.05, 0.1) is 16.8 Å². The number of benzene rings is 10. The first-order chi connectivity index (χ1) is 30.3. The quantitative estimate of drug-likeness (QED) is 0.167. The van der Waals surface area contributed by atoms with E-state index in [-0.39, 0.29) is 5.41 Å². The largest absolute Gasteiger partial charge is 0.228 e. The van der Waals surface area contributed by atoms with E-state index in [9.17, 15) is 0 Å². The monoisotopic (exact) mass is 772 g/mol. The number of nitrogens with zero attached hydrogens (tertiary/aromatic N) is 2. The zero-order chi connectivity index (χ0) is 40.1. The van der Waals surface area contributed by atoms with Crippen molar-refractivity contribution in [2.45, 2.75) is 5.41 Å². The summed E-state index contributed by atoms with van der Waals surface area (Å²) in [4.78, 5) is 10.3. The second-order valence-electron chi connectivity index (χ2n) is 16.4. The summed E-state index contributed by atoms with van der Waals surface area (Å²) in [5.74, 6) is 0.713. The average molecular weight is 773 g/mol. The maximum atomic E-state index is 5.25. The Labute approximate surface area is 354 Å². The van der Waals surface area contributed by atoms with Gasteiger partial charge in [0.1, 0.15) is 0 Å². The molecule has 0 fully saturated rings. The van der Waals surface area contributed by atoms with E-state index in [0.717, 1.165) is 28.1 Å². The van der Waals surface area contributed by atoms with Crippen LogP contribution in [0.1, 0.15) is 22.3 Å². The molecule has 13 rings (SSSR count). The van der Waals surface area contributed by atoms with E-state index >= 15 is 0 Å². The summed E-state index contributed by atoms with van der Waals surface area (Å²) in [6.07, 6.45) is 0. The van der Waals surface area contributed by atoms with E-state index in [2.05, 4.69) is 194 Å². The van der Waals surface area contributed by atoms with Gasteiger partial charge in [0.15, 0.2) is 5.82 Å². The summed E-state index contributed by atoms with van der Waals surface area (Å²) in [6, 6.07) is 79.8. The molecule has 11 aromatic rings. The molecule has 0 aliphatic heterocycles. The first kappa shape index (κ1) is 34.0. The molecule has 1 heterocycles. The molecule has 0 radical (unpaired) electrons. The predicted molar refractivity (Wildman–Crippen MR) is 253 cm³/mol. The SMILES string of the molecule is c1ccc(-c2cc(-c3ccc4c5ccccc5c5cccc(-c6ccc7c(c6)-c6ccccc6C76c7ccccc7-c7ccccc76)c5c4c3)nc(-c3ccccc3)n2)cc1. The van der Waals surface area contributed by atoms with Crippen LogP contribution in [0.15, 0.2) is 218 Å². The van der Waals surface area contributed by atoms with Crippen molar-refractivity contribution in [3.05, 3.63) is 241 Å². The zero-order valence-corrected chi connectivity index (χ0v) is 33.2. The van der Waals surface area contributed by atoms with Crippen LogP contribution in [-0.2, 0) is 5.41 Å². The van der Waals surface area contributed by atoms with Crippen molar-refractivity contribution in [1.29, 1.82) is 0 Å². The Morgan fingerprint density at radius 2 is 0.738 bits per heavy atom. The molecule has 1 spiro atoms. The van der Waals surface area contributed by atoms with Gasteiger partial charge in [-0.25, -0.2) is 9.97 Å². The molecule has 10 aromatic carbocycles. The Morgan fingerprint density at radius 3 is 1.41 bits per heavy atom. The summed E-state index contributed by atoms with van der Waals surface area (Å²) in [5.41, 5.74) is 17.6. The summed E-state index contributed by atoms with van der Waals surface area (Å²) in [6.45, 7) is 0. The van der Waals surface area contributed by atoms with Crippen molar-refractivity contribution in [2.24, 2.45) is 0 Å². The number of rotatable bonds is 4. The summed E-state index contributed by atoms with van der Waals surface area (Å²) in [7, 11) is 0. The van der Waals surface area contributed by atoms with Crippen LogP contribution in [0.25, 0.3) is 99.6 Å². The minimum atomic E-state index is -0.372. The second kappa shape index (κ2) is 13.0. The normalized spacial score (nSPS) is 13.0. The van der Waals surface area contributed by atoms with E-state index in [1.807, 2.05) is 24.3 Å². The van der Waals surface area contributed by atoms with Gasteiger partial charge in [-0.2, -0.15) is 0 Å². The Bertz CT molecular complexity index is 3480. The molecule has 0 amide bonds. The molecule has 2 nitrogen and oxygen atoms in total. The average Bonchev–Trinajstić information content (AvgIpc) is 3.81. The lowest BCUT2D eigenvalue weighted by Crippen LogP contribution is -2.25. The molecule has 0 unspecified atom stereocenters. The van der Waals surface area contributed by atoms with Crippen LogP contribution in [0.3, 0.4) is 0 Å². The molecule has 0 saturated heterocycles. The lowest BCUT2D eigenvalue weighted by molar-refractivity contribution is 0.794. The first-order valence-corrected chi connectivity index (χ1v) is 21.1. The van der Waals surface area contributed by atoms with Crippen LogP contribution >= 0.6 is 0 Å². The van der Waals surface area contributed by atoms with Crippen LogP contribution < -0.4 is 0 Å². The fourth-order valence-corrected chi connectivity index (χ4v) is 10.7. The van der Waals surface area contributed by atoms with Gasteiger partial charge in [-0.05, 0) is 106 Å². The van der Waals surface area contributed by atoms with Crippen molar-refractivity contribution >= 4 is 32.3 Å². The van der Waals surface area contributed by atoms with Gasteiger partial charge in [0.2, 0.25) is 0 Å². The van der Waals surface area contributed by atoms with Crippen LogP contribution in [0.2, 0.25) is 0 Å². The number of fused-ring (bicyclic) bond motifs is 16. The van der Waals surface area contributed by atoms with Crippen LogP contribution in [0.5, 0.6) is 0 Å². The zero-order valence-electron chi connectivity index (χ0n) is 33.2. The van der Waals surface area contributed by atoms with Crippen LogP contribution in [0.4, 0.5) is 0 Å². The van der Waals surface area contributed by atoms with E-state index < -0.39 is 0 Å². The third kappa shape index (κ3) is 4.85. The van der Waals surface area contributed by atoms with Crippen LogP contribution in [-0.4, -0.2) is 9.97 Å². The summed E-state index contributed by atoms with van der Waals surface area (Å²) < 4.78 is 0. The molecule has 61 heavy (non-hydrogen) atoms. The van der Waals surface area contributed by atoms with Crippen LogP contribution in [0, 0.1) is 0 Å². The van der Waals surface area contributed by atoms with Gasteiger partial charge >= 0.3 is 0 Å². The fraction of sp³-hybridized carbons (Fsp3) is 0.0169. The van der Waals surface area contributed by atoms with Crippen molar-refractivity contribution in [2.75, 3.05) is 0 Å². The molecule has 1 aromatic heterocycles. The number of aromatic nitrogens is 2. The molecular weight excluding hydrogens is 737 g/mol. The molecule has 0 N–H and O–H groups in total. The molecular formula is C59H36N2. The molecule has 2 aliphatic rings. The summed E-state index contributed by atoms with van der Waals surface area (Å²) >= 11 is 0. The third-order valence-electron chi connectivity index (χ3n) is 13.3.